The molecule has 4 rings (SSSR count). The lowest BCUT2D eigenvalue weighted by atomic mass is 10.2. The molecular weight excluding hydrogens is 398 g/mol. The standard InChI is InChI=1S/C22H23N5O2S/c1-29-19-9-6-12-23-17(19)13-24-22(28)18-14-30-21(27-18)11-5-4-10-20-25-15-7-2-3-8-16(15)26-20/h2-3,6-9,12,14H,4-5,10-11,13H2,1H3,(H,24,28)(H,25,26). The van der Waals surface area contributed by atoms with Crippen LogP contribution in [0.25, 0.3) is 11.0 Å². The monoisotopic (exact) mass is 421 g/mol. The molecule has 0 aliphatic heterocycles. The summed E-state index contributed by atoms with van der Waals surface area (Å²) in [4.78, 5) is 29.1. The van der Waals surface area contributed by atoms with Gasteiger partial charge in [0.2, 0.25) is 0 Å². The Labute approximate surface area is 178 Å². The van der Waals surface area contributed by atoms with Gasteiger partial charge in [-0.2, -0.15) is 0 Å². The van der Waals surface area contributed by atoms with Crippen LogP contribution in [0.5, 0.6) is 5.75 Å². The second-order valence-electron chi connectivity index (χ2n) is 6.87. The number of nitrogens with zero attached hydrogens (tertiary/aromatic N) is 3. The number of pyridine rings is 1. The summed E-state index contributed by atoms with van der Waals surface area (Å²) in [5.74, 6) is 1.47. The van der Waals surface area contributed by atoms with Gasteiger partial charge < -0.3 is 15.0 Å². The molecule has 0 bridgehead atoms. The number of para-hydroxylation sites is 2. The van der Waals surface area contributed by atoms with Gasteiger partial charge >= 0.3 is 0 Å². The van der Waals surface area contributed by atoms with E-state index in [0.29, 0.717) is 23.7 Å². The van der Waals surface area contributed by atoms with Gasteiger partial charge in [-0.3, -0.25) is 9.78 Å². The molecule has 0 saturated carbocycles. The first kappa shape index (κ1) is 20.0. The lowest BCUT2D eigenvalue weighted by molar-refractivity contribution is 0.0945. The summed E-state index contributed by atoms with van der Waals surface area (Å²) >= 11 is 1.52. The van der Waals surface area contributed by atoms with Crippen LogP contribution < -0.4 is 10.1 Å². The van der Waals surface area contributed by atoms with Gasteiger partial charge in [0.25, 0.3) is 5.91 Å². The lowest BCUT2D eigenvalue weighted by Crippen LogP contribution is -2.24. The van der Waals surface area contributed by atoms with Crippen molar-refractivity contribution in [1.82, 2.24) is 25.3 Å². The number of aromatic amines is 1. The average Bonchev–Trinajstić information content (AvgIpc) is 3.42. The van der Waals surface area contributed by atoms with Crippen LogP contribution in [0, 0.1) is 0 Å². The molecule has 4 aromatic rings. The predicted molar refractivity (Wildman–Crippen MR) is 117 cm³/mol. The first-order chi connectivity index (χ1) is 14.7. The zero-order chi connectivity index (χ0) is 20.8. The van der Waals surface area contributed by atoms with Gasteiger partial charge in [-0.05, 0) is 43.5 Å². The van der Waals surface area contributed by atoms with E-state index in [1.807, 2.05) is 30.3 Å². The van der Waals surface area contributed by atoms with Crippen LogP contribution in [0.3, 0.4) is 0 Å². The van der Waals surface area contributed by atoms with Crippen molar-refractivity contribution in [3.63, 3.8) is 0 Å². The summed E-state index contributed by atoms with van der Waals surface area (Å²) < 4.78 is 5.26. The van der Waals surface area contributed by atoms with Gasteiger partial charge in [-0.25, -0.2) is 9.97 Å². The first-order valence-electron chi connectivity index (χ1n) is 9.87. The van der Waals surface area contributed by atoms with Gasteiger partial charge in [0, 0.05) is 18.0 Å². The quantitative estimate of drug-likeness (QED) is 0.400. The summed E-state index contributed by atoms with van der Waals surface area (Å²) in [7, 11) is 1.59. The van der Waals surface area contributed by atoms with E-state index in [9.17, 15) is 4.79 Å². The summed E-state index contributed by atoms with van der Waals surface area (Å²) in [6.45, 7) is 0.299. The van der Waals surface area contributed by atoms with E-state index < -0.39 is 0 Å². The molecule has 154 valence electrons. The third kappa shape index (κ3) is 4.83. The molecule has 0 radical (unpaired) electrons. The predicted octanol–water partition coefficient (Wildman–Crippen LogP) is 3.92. The number of H-pyrrole nitrogens is 1. The van der Waals surface area contributed by atoms with Crippen LogP contribution >= 0.6 is 11.3 Å². The van der Waals surface area contributed by atoms with Crippen molar-refractivity contribution < 1.29 is 9.53 Å². The van der Waals surface area contributed by atoms with Crippen LogP contribution in [0.1, 0.15) is 39.9 Å². The molecule has 2 N–H and O–H groups in total. The smallest absolute Gasteiger partial charge is 0.271 e. The van der Waals surface area contributed by atoms with E-state index >= 15 is 0 Å². The molecule has 0 unspecified atom stereocenters. The fraction of sp³-hybridized carbons (Fsp3) is 0.273. The lowest BCUT2D eigenvalue weighted by Gasteiger charge is -2.07. The molecule has 0 fully saturated rings. The van der Waals surface area contributed by atoms with Gasteiger partial charge in [-0.1, -0.05) is 12.1 Å². The Hall–Kier alpha value is -3.26. The minimum Gasteiger partial charge on any atom is -0.495 e. The molecule has 7 nitrogen and oxygen atoms in total. The summed E-state index contributed by atoms with van der Waals surface area (Å²) in [5.41, 5.74) is 3.22. The first-order valence-corrected chi connectivity index (χ1v) is 10.7. The zero-order valence-electron chi connectivity index (χ0n) is 16.7. The van der Waals surface area contributed by atoms with Crippen LogP contribution in [0.4, 0.5) is 0 Å². The molecule has 8 heteroatoms. The number of nitrogens with one attached hydrogen (secondary N) is 2. The number of benzene rings is 1. The zero-order valence-corrected chi connectivity index (χ0v) is 17.5. The third-order valence-corrected chi connectivity index (χ3v) is 5.67. The average molecular weight is 422 g/mol. The highest BCUT2D eigenvalue weighted by Crippen LogP contribution is 2.17. The molecule has 0 saturated heterocycles. The Morgan fingerprint density at radius 3 is 2.87 bits per heavy atom. The van der Waals surface area contributed by atoms with E-state index in [-0.39, 0.29) is 5.91 Å². The number of aryl methyl sites for hydroxylation is 2. The maximum absolute atomic E-state index is 12.4. The van der Waals surface area contributed by atoms with Crippen molar-refractivity contribution in [1.29, 1.82) is 0 Å². The number of amides is 1. The van der Waals surface area contributed by atoms with Crippen LogP contribution in [0.2, 0.25) is 0 Å². The topological polar surface area (TPSA) is 92.8 Å². The number of carbonyl (C=O) groups excluding carboxylic acids is 1. The van der Waals surface area contributed by atoms with Crippen LogP contribution in [-0.2, 0) is 19.4 Å². The maximum Gasteiger partial charge on any atom is 0.271 e. The largest absolute Gasteiger partial charge is 0.495 e. The highest BCUT2D eigenvalue weighted by Gasteiger charge is 2.12. The fourth-order valence-corrected chi connectivity index (χ4v) is 4.04. The Morgan fingerprint density at radius 2 is 2.00 bits per heavy atom. The van der Waals surface area contributed by atoms with Crippen molar-refractivity contribution >= 4 is 28.3 Å². The number of carbonyl (C=O) groups is 1. The second kappa shape index (κ2) is 9.49. The van der Waals surface area contributed by atoms with Crippen molar-refractivity contribution in [2.45, 2.75) is 32.2 Å². The van der Waals surface area contributed by atoms with E-state index in [1.54, 1.807) is 24.8 Å². The van der Waals surface area contributed by atoms with Crippen molar-refractivity contribution in [2.75, 3.05) is 7.11 Å². The molecular formula is C22H23N5O2S. The number of unbranched alkanes of at least 4 members (excludes halogenated alkanes) is 1. The molecule has 1 aromatic carbocycles. The molecule has 3 aromatic heterocycles. The number of methoxy groups -OCH3 is 1. The summed E-state index contributed by atoms with van der Waals surface area (Å²) in [6.07, 6.45) is 5.44. The number of ether oxygens (including phenoxy) is 1. The number of rotatable bonds is 9. The second-order valence-corrected chi connectivity index (χ2v) is 7.81. The van der Waals surface area contributed by atoms with Gasteiger partial charge in [-0.15, -0.1) is 11.3 Å². The normalized spacial score (nSPS) is 11.0. The molecule has 30 heavy (non-hydrogen) atoms. The third-order valence-electron chi connectivity index (χ3n) is 4.76. The number of thiazole rings is 1. The highest BCUT2D eigenvalue weighted by molar-refractivity contribution is 7.09. The van der Waals surface area contributed by atoms with E-state index in [1.165, 1.54) is 11.3 Å². The molecule has 0 spiro atoms. The van der Waals surface area contributed by atoms with Crippen LogP contribution in [-0.4, -0.2) is 33.0 Å². The Balaban J connectivity index is 1.24. The molecule has 3 heterocycles. The summed E-state index contributed by atoms with van der Waals surface area (Å²) in [5, 5.41) is 5.63. The Morgan fingerprint density at radius 1 is 1.13 bits per heavy atom. The fourth-order valence-electron chi connectivity index (χ4n) is 3.22. The highest BCUT2D eigenvalue weighted by atomic mass is 32.1. The number of aromatic nitrogens is 4. The minimum absolute atomic E-state index is 0.201. The number of fused-ring (bicyclic) bond motifs is 1. The van der Waals surface area contributed by atoms with Crippen molar-refractivity contribution in [2.24, 2.45) is 0 Å². The van der Waals surface area contributed by atoms with Gasteiger partial charge in [0.1, 0.15) is 23.0 Å². The molecule has 0 aliphatic rings. The molecule has 1 amide bonds. The molecule has 0 atom stereocenters. The SMILES string of the molecule is COc1cccnc1CNC(=O)c1csc(CCCCc2nc3ccccc3[nH]2)n1. The van der Waals surface area contributed by atoms with E-state index in [4.69, 9.17) is 4.74 Å². The number of hydrogen-bond acceptors (Lipinski definition) is 6. The van der Waals surface area contributed by atoms with E-state index in [2.05, 4.69) is 25.3 Å². The Bertz CT molecular complexity index is 1100. The van der Waals surface area contributed by atoms with Gasteiger partial charge in [0.05, 0.1) is 29.7 Å². The minimum atomic E-state index is -0.201. The van der Waals surface area contributed by atoms with Crippen molar-refractivity contribution in [3.05, 3.63) is 70.2 Å². The Kier molecular flexibility index (Phi) is 6.34. The molecule has 0 aliphatic carbocycles. The number of imidazole rings is 1. The van der Waals surface area contributed by atoms with Gasteiger partial charge in [0.15, 0.2) is 0 Å². The van der Waals surface area contributed by atoms with E-state index in [0.717, 1.165) is 47.5 Å². The maximum atomic E-state index is 12.4. The van der Waals surface area contributed by atoms with Crippen LogP contribution in [0.15, 0.2) is 48.0 Å². The summed E-state index contributed by atoms with van der Waals surface area (Å²) in [6, 6.07) is 11.7. The number of hydrogen-bond donors (Lipinski definition) is 2. The van der Waals surface area contributed by atoms with Crippen molar-refractivity contribution in [3.8, 4) is 5.75 Å².